The fraction of sp³-hybridized carbons (Fsp3) is 0.600. The average Bonchev–Trinajstić information content (AvgIpc) is 2.66. The lowest BCUT2D eigenvalue weighted by atomic mass is 10.2. The first-order valence-corrected chi connectivity index (χ1v) is 5.15. The monoisotopic (exact) mass is 209 g/mol. The van der Waals surface area contributed by atoms with E-state index in [1.54, 1.807) is 0 Å². The van der Waals surface area contributed by atoms with E-state index in [1.165, 1.54) is 7.11 Å². The standard InChI is InChI=1S/C10H15N3O2/c1-3-7-9(10(14)15-2)12-8-6-11-4-5-13(7)8/h11H,3-6H2,1-2H3. The highest BCUT2D eigenvalue weighted by atomic mass is 16.5. The highest BCUT2D eigenvalue weighted by molar-refractivity contribution is 5.88. The molecule has 1 aliphatic rings. The molecule has 0 fully saturated rings. The maximum absolute atomic E-state index is 11.5. The predicted octanol–water partition coefficient (Wildman–Crippen LogP) is 0.335. The van der Waals surface area contributed by atoms with Gasteiger partial charge in [0.25, 0.3) is 0 Å². The van der Waals surface area contributed by atoms with Crippen molar-refractivity contribution >= 4 is 5.97 Å². The van der Waals surface area contributed by atoms with Crippen LogP contribution >= 0.6 is 0 Å². The number of aromatic nitrogens is 2. The molecule has 0 unspecified atom stereocenters. The fourth-order valence-corrected chi connectivity index (χ4v) is 1.95. The summed E-state index contributed by atoms with van der Waals surface area (Å²) in [6.07, 6.45) is 0.803. The van der Waals surface area contributed by atoms with Crippen molar-refractivity contribution in [2.45, 2.75) is 26.4 Å². The van der Waals surface area contributed by atoms with Crippen LogP contribution in [0.15, 0.2) is 0 Å². The number of rotatable bonds is 2. The second kappa shape index (κ2) is 4.02. The molecule has 2 rings (SSSR count). The summed E-state index contributed by atoms with van der Waals surface area (Å²) in [4.78, 5) is 15.8. The predicted molar refractivity (Wildman–Crippen MR) is 54.7 cm³/mol. The third kappa shape index (κ3) is 1.63. The van der Waals surface area contributed by atoms with Crippen LogP contribution in [0.25, 0.3) is 0 Å². The second-order valence-corrected chi connectivity index (χ2v) is 3.50. The largest absolute Gasteiger partial charge is 0.464 e. The number of carbonyl (C=O) groups is 1. The molecule has 1 aliphatic heterocycles. The Morgan fingerprint density at radius 1 is 1.67 bits per heavy atom. The number of hydrogen-bond acceptors (Lipinski definition) is 4. The van der Waals surface area contributed by atoms with E-state index in [-0.39, 0.29) is 5.97 Å². The van der Waals surface area contributed by atoms with Crippen molar-refractivity contribution < 1.29 is 9.53 Å². The smallest absolute Gasteiger partial charge is 0.358 e. The van der Waals surface area contributed by atoms with Gasteiger partial charge in [-0.1, -0.05) is 6.92 Å². The summed E-state index contributed by atoms with van der Waals surface area (Å²) >= 11 is 0. The first-order valence-electron chi connectivity index (χ1n) is 5.15. The number of ether oxygens (including phenoxy) is 1. The van der Waals surface area contributed by atoms with E-state index in [1.807, 2.05) is 6.92 Å². The molecule has 0 aliphatic carbocycles. The van der Waals surface area contributed by atoms with Gasteiger partial charge in [0.05, 0.1) is 19.3 Å². The van der Waals surface area contributed by atoms with E-state index >= 15 is 0 Å². The van der Waals surface area contributed by atoms with Crippen molar-refractivity contribution in [2.75, 3.05) is 13.7 Å². The van der Waals surface area contributed by atoms with E-state index in [0.29, 0.717) is 5.69 Å². The van der Waals surface area contributed by atoms with Crippen LogP contribution < -0.4 is 5.32 Å². The molecule has 0 saturated carbocycles. The van der Waals surface area contributed by atoms with Gasteiger partial charge in [0, 0.05) is 13.1 Å². The van der Waals surface area contributed by atoms with Gasteiger partial charge in [-0.3, -0.25) is 0 Å². The Kier molecular flexibility index (Phi) is 2.73. The van der Waals surface area contributed by atoms with E-state index in [9.17, 15) is 4.79 Å². The third-order valence-corrected chi connectivity index (χ3v) is 2.66. The highest BCUT2D eigenvalue weighted by Gasteiger charge is 2.22. The molecule has 0 radical (unpaired) electrons. The number of carbonyl (C=O) groups excluding carboxylic acids is 1. The van der Waals surface area contributed by atoms with Gasteiger partial charge in [-0.25, -0.2) is 9.78 Å². The average molecular weight is 209 g/mol. The summed E-state index contributed by atoms with van der Waals surface area (Å²) in [6, 6.07) is 0. The number of methoxy groups -OCH3 is 1. The van der Waals surface area contributed by atoms with Crippen molar-refractivity contribution in [3.63, 3.8) is 0 Å². The van der Waals surface area contributed by atoms with Gasteiger partial charge in [-0.15, -0.1) is 0 Å². The topological polar surface area (TPSA) is 56.1 Å². The molecule has 0 saturated heterocycles. The summed E-state index contributed by atoms with van der Waals surface area (Å²) in [7, 11) is 1.39. The SMILES string of the molecule is CCc1c(C(=O)OC)nc2n1CCNC2. The molecule has 5 heteroatoms. The zero-order valence-electron chi connectivity index (χ0n) is 9.04. The first kappa shape index (κ1) is 10.2. The summed E-state index contributed by atoms with van der Waals surface area (Å²) in [5.41, 5.74) is 1.46. The van der Waals surface area contributed by atoms with Crippen molar-refractivity contribution in [1.82, 2.24) is 14.9 Å². The first-order chi connectivity index (χ1) is 7.27. The van der Waals surface area contributed by atoms with Crippen molar-refractivity contribution in [1.29, 1.82) is 0 Å². The van der Waals surface area contributed by atoms with Crippen LogP contribution in [0.1, 0.15) is 28.9 Å². The number of esters is 1. The molecule has 0 amide bonds. The van der Waals surface area contributed by atoms with Crippen LogP contribution in [0.4, 0.5) is 0 Å². The Morgan fingerprint density at radius 3 is 3.13 bits per heavy atom. The number of hydrogen-bond donors (Lipinski definition) is 1. The molecule has 15 heavy (non-hydrogen) atoms. The Hall–Kier alpha value is -1.36. The van der Waals surface area contributed by atoms with Crippen LogP contribution in [0, 0.1) is 0 Å². The number of nitrogens with one attached hydrogen (secondary N) is 1. The summed E-state index contributed by atoms with van der Waals surface area (Å²) < 4.78 is 6.84. The second-order valence-electron chi connectivity index (χ2n) is 3.50. The summed E-state index contributed by atoms with van der Waals surface area (Å²) in [6.45, 7) is 4.56. The molecule has 0 spiro atoms. The van der Waals surface area contributed by atoms with Crippen LogP contribution in [0.5, 0.6) is 0 Å². The highest BCUT2D eigenvalue weighted by Crippen LogP contribution is 2.16. The summed E-state index contributed by atoms with van der Waals surface area (Å²) in [5, 5.41) is 3.23. The van der Waals surface area contributed by atoms with E-state index in [0.717, 1.165) is 37.6 Å². The van der Waals surface area contributed by atoms with Gasteiger partial charge < -0.3 is 14.6 Å². The van der Waals surface area contributed by atoms with Gasteiger partial charge in [-0.05, 0) is 6.42 Å². The molecule has 82 valence electrons. The van der Waals surface area contributed by atoms with E-state index in [2.05, 4.69) is 14.9 Å². The van der Waals surface area contributed by atoms with Gasteiger partial charge in [0.2, 0.25) is 0 Å². The van der Waals surface area contributed by atoms with Crippen LogP contribution in [-0.4, -0.2) is 29.2 Å². The quantitative estimate of drug-likeness (QED) is 0.713. The molecule has 0 aromatic carbocycles. The number of nitrogens with zero attached hydrogens (tertiary/aromatic N) is 2. The maximum atomic E-state index is 11.5. The van der Waals surface area contributed by atoms with E-state index < -0.39 is 0 Å². The minimum atomic E-state index is -0.339. The van der Waals surface area contributed by atoms with Crippen molar-refractivity contribution in [3.8, 4) is 0 Å². The zero-order valence-corrected chi connectivity index (χ0v) is 9.04. The molecule has 1 aromatic rings. The number of imidazole rings is 1. The Balaban J connectivity index is 2.46. The molecule has 0 atom stereocenters. The minimum absolute atomic E-state index is 0.339. The normalized spacial score (nSPS) is 14.8. The van der Waals surface area contributed by atoms with Gasteiger partial charge >= 0.3 is 5.97 Å². The summed E-state index contributed by atoms with van der Waals surface area (Å²) in [5.74, 6) is 0.590. The molecular formula is C10H15N3O2. The van der Waals surface area contributed by atoms with Gasteiger partial charge in [0.15, 0.2) is 5.69 Å². The number of fused-ring (bicyclic) bond motifs is 1. The molecular weight excluding hydrogens is 194 g/mol. The Labute approximate surface area is 88.4 Å². The lowest BCUT2D eigenvalue weighted by molar-refractivity contribution is 0.0593. The van der Waals surface area contributed by atoms with E-state index in [4.69, 9.17) is 4.74 Å². The lowest BCUT2D eigenvalue weighted by Gasteiger charge is -2.16. The molecule has 0 bridgehead atoms. The van der Waals surface area contributed by atoms with Crippen LogP contribution in [0.3, 0.4) is 0 Å². The van der Waals surface area contributed by atoms with Crippen LogP contribution in [0.2, 0.25) is 0 Å². The minimum Gasteiger partial charge on any atom is -0.464 e. The maximum Gasteiger partial charge on any atom is 0.358 e. The van der Waals surface area contributed by atoms with Crippen LogP contribution in [-0.2, 0) is 24.2 Å². The molecule has 1 aromatic heterocycles. The van der Waals surface area contributed by atoms with Gasteiger partial charge in [0.1, 0.15) is 5.82 Å². The molecule has 2 heterocycles. The Morgan fingerprint density at radius 2 is 2.47 bits per heavy atom. The zero-order chi connectivity index (χ0) is 10.8. The van der Waals surface area contributed by atoms with Crippen molar-refractivity contribution in [2.24, 2.45) is 0 Å². The fourth-order valence-electron chi connectivity index (χ4n) is 1.95. The Bertz CT molecular complexity index is 384. The molecule has 1 N–H and O–H groups in total. The van der Waals surface area contributed by atoms with Crippen molar-refractivity contribution in [3.05, 3.63) is 17.2 Å². The third-order valence-electron chi connectivity index (χ3n) is 2.66. The lowest BCUT2D eigenvalue weighted by Crippen LogP contribution is -2.29. The van der Waals surface area contributed by atoms with Gasteiger partial charge in [-0.2, -0.15) is 0 Å². The molecule has 5 nitrogen and oxygen atoms in total.